The van der Waals surface area contributed by atoms with E-state index in [4.69, 9.17) is 4.74 Å². The first kappa shape index (κ1) is 20.0. The van der Waals surface area contributed by atoms with Crippen LogP contribution >= 0.6 is 0 Å². The number of non-ortho nitro benzene ring substituents is 1. The van der Waals surface area contributed by atoms with Crippen molar-refractivity contribution in [1.29, 1.82) is 0 Å². The number of nitro groups is 1. The number of hydrogen-bond donors (Lipinski definition) is 0. The molecular formula is C22H20N2O5. The van der Waals surface area contributed by atoms with Gasteiger partial charge in [-0.3, -0.25) is 14.9 Å². The number of hydrogen-bond acceptors (Lipinski definition) is 5. The minimum absolute atomic E-state index is 0.0916. The number of nitro benzene ring substituents is 1. The van der Waals surface area contributed by atoms with Crippen molar-refractivity contribution in [2.24, 2.45) is 0 Å². The maximum Gasteiger partial charge on any atom is 0.340 e. The molecule has 0 bridgehead atoms. The lowest BCUT2D eigenvalue weighted by molar-refractivity contribution is -0.384. The molecule has 1 aliphatic heterocycles. The average molecular weight is 392 g/mol. The zero-order chi connectivity index (χ0) is 21.0. The topological polar surface area (TPSA) is 89.8 Å². The Labute approximate surface area is 168 Å². The maximum atomic E-state index is 13.1. The van der Waals surface area contributed by atoms with Crippen LogP contribution in [0.2, 0.25) is 0 Å². The summed E-state index contributed by atoms with van der Waals surface area (Å²) < 4.78 is 4.87. The Hall–Kier alpha value is -3.74. The smallest absolute Gasteiger partial charge is 0.340 e. The number of nitrogens with zero attached hydrogens (tertiary/aromatic N) is 2. The van der Waals surface area contributed by atoms with Gasteiger partial charge in [-0.05, 0) is 30.5 Å². The molecule has 0 radical (unpaired) electrons. The minimum atomic E-state index is -0.616. The number of rotatable bonds is 6. The van der Waals surface area contributed by atoms with Crippen LogP contribution in [0.3, 0.4) is 0 Å². The molecule has 1 heterocycles. The van der Waals surface area contributed by atoms with Gasteiger partial charge < -0.3 is 9.64 Å². The lowest BCUT2D eigenvalue weighted by Gasteiger charge is -2.17. The van der Waals surface area contributed by atoms with Gasteiger partial charge >= 0.3 is 5.97 Å². The normalized spacial score (nSPS) is 15.2. The highest BCUT2D eigenvalue weighted by atomic mass is 16.6. The fourth-order valence-electron chi connectivity index (χ4n) is 3.28. The highest BCUT2D eigenvalue weighted by Gasteiger charge is 2.36. The lowest BCUT2D eigenvalue weighted by Crippen LogP contribution is -2.27. The average Bonchev–Trinajstić information content (AvgIpc) is 2.96. The SMILES string of the molecule is COC(=O)C1=C(C)N(CCc2ccccc2)C(=O)/C1=C\c1cccc([N+](=O)[O-])c1. The van der Waals surface area contributed by atoms with Gasteiger partial charge in [-0.1, -0.05) is 42.5 Å². The van der Waals surface area contributed by atoms with Gasteiger partial charge in [0.25, 0.3) is 11.6 Å². The van der Waals surface area contributed by atoms with Crippen LogP contribution < -0.4 is 0 Å². The molecular weight excluding hydrogens is 372 g/mol. The van der Waals surface area contributed by atoms with E-state index in [0.29, 0.717) is 24.2 Å². The second-order valence-corrected chi connectivity index (χ2v) is 6.55. The van der Waals surface area contributed by atoms with Crippen LogP contribution in [0.5, 0.6) is 0 Å². The first-order chi connectivity index (χ1) is 13.9. The summed E-state index contributed by atoms with van der Waals surface area (Å²) in [6.07, 6.45) is 2.12. The molecule has 7 heteroatoms. The van der Waals surface area contributed by atoms with E-state index >= 15 is 0 Å². The maximum absolute atomic E-state index is 13.1. The van der Waals surface area contributed by atoms with Crippen molar-refractivity contribution in [3.63, 3.8) is 0 Å². The lowest BCUT2D eigenvalue weighted by atomic mass is 10.0. The van der Waals surface area contributed by atoms with Crippen LogP contribution in [-0.2, 0) is 20.7 Å². The van der Waals surface area contributed by atoms with Gasteiger partial charge in [0.2, 0.25) is 0 Å². The van der Waals surface area contributed by atoms with Gasteiger partial charge in [-0.15, -0.1) is 0 Å². The van der Waals surface area contributed by atoms with E-state index in [-0.39, 0.29) is 22.7 Å². The Morgan fingerprint density at radius 3 is 2.55 bits per heavy atom. The number of benzene rings is 2. The molecule has 2 aromatic carbocycles. The summed E-state index contributed by atoms with van der Waals surface area (Å²) in [6, 6.07) is 15.6. The minimum Gasteiger partial charge on any atom is -0.465 e. The third-order valence-corrected chi connectivity index (χ3v) is 4.76. The van der Waals surface area contributed by atoms with Gasteiger partial charge in [0, 0.05) is 24.4 Å². The fourth-order valence-corrected chi connectivity index (χ4v) is 3.28. The summed E-state index contributed by atoms with van der Waals surface area (Å²) in [6.45, 7) is 2.10. The number of ether oxygens (including phenoxy) is 1. The van der Waals surface area contributed by atoms with Crippen LogP contribution in [0.4, 0.5) is 5.69 Å². The quantitative estimate of drug-likeness (QED) is 0.325. The predicted molar refractivity (Wildman–Crippen MR) is 108 cm³/mol. The summed E-state index contributed by atoms with van der Waals surface area (Å²) in [7, 11) is 1.25. The second kappa shape index (κ2) is 8.52. The van der Waals surface area contributed by atoms with E-state index < -0.39 is 10.9 Å². The standard InChI is InChI=1S/C22H20N2O5/c1-15-20(22(26)29-2)19(14-17-9-6-10-18(13-17)24(27)28)21(25)23(15)12-11-16-7-4-3-5-8-16/h3-10,13-14H,11-12H2,1-2H3/b19-14-. The molecule has 0 saturated carbocycles. The van der Waals surface area contributed by atoms with Crippen molar-refractivity contribution >= 4 is 23.6 Å². The summed E-state index contributed by atoms with van der Waals surface area (Å²) in [4.78, 5) is 37.5. The van der Waals surface area contributed by atoms with Gasteiger partial charge in [-0.25, -0.2) is 4.79 Å². The van der Waals surface area contributed by atoms with Crippen molar-refractivity contribution in [3.8, 4) is 0 Å². The first-order valence-corrected chi connectivity index (χ1v) is 9.04. The zero-order valence-electron chi connectivity index (χ0n) is 16.1. The van der Waals surface area contributed by atoms with Crippen LogP contribution in [-0.4, -0.2) is 35.4 Å². The Morgan fingerprint density at radius 2 is 1.90 bits per heavy atom. The third-order valence-electron chi connectivity index (χ3n) is 4.76. The molecule has 148 valence electrons. The van der Waals surface area contributed by atoms with Crippen LogP contribution in [0, 0.1) is 10.1 Å². The van der Waals surface area contributed by atoms with Crippen LogP contribution in [0.1, 0.15) is 18.1 Å². The van der Waals surface area contributed by atoms with Gasteiger partial charge in [0.1, 0.15) is 0 Å². The highest BCUT2D eigenvalue weighted by molar-refractivity contribution is 6.16. The monoisotopic (exact) mass is 392 g/mol. The number of methoxy groups -OCH3 is 1. The Kier molecular flexibility index (Phi) is 5.87. The van der Waals surface area contributed by atoms with E-state index in [9.17, 15) is 19.7 Å². The summed E-state index contributed by atoms with van der Waals surface area (Å²) in [5, 5.41) is 11.0. The molecule has 7 nitrogen and oxygen atoms in total. The molecule has 1 amide bonds. The summed E-state index contributed by atoms with van der Waals surface area (Å²) in [5.74, 6) is -0.944. The first-order valence-electron chi connectivity index (χ1n) is 9.04. The molecule has 0 atom stereocenters. The van der Waals surface area contributed by atoms with E-state index in [1.807, 2.05) is 30.3 Å². The molecule has 29 heavy (non-hydrogen) atoms. The van der Waals surface area contributed by atoms with Crippen molar-refractivity contribution in [1.82, 2.24) is 4.90 Å². The largest absolute Gasteiger partial charge is 0.465 e. The highest BCUT2D eigenvalue weighted by Crippen LogP contribution is 2.32. The van der Waals surface area contributed by atoms with Crippen molar-refractivity contribution in [2.45, 2.75) is 13.3 Å². The molecule has 1 aliphatic rings. The van der Waals surface area contributed by atoms with Crippen LogP contribution in [0.25, 0.3) is 6.08 Å². The van der Waals surface area contributed by atoms with Crippen molar-refractivity contribution in [3.05, 3.63) is 92.7 Å². The molecule has 3 rings (SSSR count). The second-order valence-electron chi connectivity index (χ2n) is 6.55. The third kappa shape index (κ3) is 4.24. The zero-order valence-corrected chi connectivity index (χ0v) is 16.1. The van der Waals surface area contributed by atoms with E-state index in [1.54, 1.807) is 17.9 Å². The van der Waals surface area contributed by atoms with E-state index in [2.05, 4.69) is 0 Å². The Balaban J connectivity index is 1.95. The number of carbonyl (C=O) groups excluding carboxylic acids is 2. The Morgan fingerprint density at radius 1 is 1.17 bits per heavy atom. The molecule has 0 fully saturated rings. The van der Waals surface area contributed by atoms with Crippen LogP contribution in [0.15, 0.2) is 71.4 Å². The molecule has 0 unspecified atom stereocenters. The van der Waals surface area contributed by atoms with Crippen molar-refractivity contribution < 1.29 is 19.2 Å². The number of amides is 1. The summed E-state index contributed by atoms with van der Waals surface area (Å²) >= 11 is 0. The van der Waals surface area contributed by atoms with E-state index in [1.165, 1.54) is 31.4 Å². The number of carbonyl (C=O) groups is 2. The molecule has 0 spiro atoms. The van der Waals surface area contributed by atoms with Gasteiger partial charge in [0.05, 0.1) is 23.2 Å². The summed E-state index contributed by atoms with van der Waals surface area (Å²) in [5.41, 5.74) is 2.30. The molecule has 0 aromatic heterocycles. The van der Waals surface area contributed by atoms with Gasteiger partial charge in [0.15, 0.2) is 0 Å². The predicted octanol–water partition coefficient (Wildman–Crippen LogP) is 3.51. The van der Waals surface area contributed by atoms with Crippen molar-refractivity contribution in [2.75, 3.05) is 13.7 Å². The van der Waals surface area contributed by atoms with E-state index in [0.717, 1.165) is 5.56 Å². The number of esters is 1. The van der Waals surface area contributed by atoms with Gasteiger partial charge in [-0.2, -0.15) is 0 Å². The molecule has 0 N–H and O–H groups in total. The fraction of sp³-hybridized carbons (Fsp3) is 0.182. The molecule has 0 aliphatic carbocycles. The number of allylic oxidation sites excluding steroid dienone is 1. The Bertz CT molecular complexity index is 1020. The molecule has 2 aromatic rings. The molecule has 0 saturated heterocycles.